The maximum atomic E-state index is 4.80. The first-order valence-corrected chi connectivity index (χ1v) is 11.2. The molecule has 0 saturated heterocycles. The Morgan fingerprint density at radius 3 is 2.89 bits per heavy atom. The van der Waals surface area contributed by atoms with Crippen LogP contribution in [-0.2, 0) is 12.8 Å². The maximum absolute atomic E-state index is 4.80. The van der Waals surface area contributed by atoms with Crippen molar-refractivity contribution in [1.29, 1.82) is 0 Å². The third-order valence-electron chi connectivity index (χ3n) is 4.68. The Labute approximate surface area is 166 Å². The topological polar surface area (TPSA) is 67.5 Å². The molecule has 0 radical (unpaired) electrons. The average molecular weight is 389 g/mol. The number of nitrogens with zero attached hydrogens (tertiary/aromatic N) is 5. The van der Waals surface area contributed by atoms with Gasteiger partial charge in [-0.3, -0.25) is 4.99 Å². The summed E-state index contributed by atoms with van der Waals surface area (Å²) in [5, 5.41) is 9.55. The van der Waals surface area contributed by atoms with Gasteiger partial charge in [-0.2, -0.15) is 9.50 Å². The lowest BCUT2D eigenvalue weighted by Gasteiger charge is -2.19. The number of hydrogen-bond donors (Lipinski definition) is 1. The molecule has 27 heavy (non-hydrogen) atoms. The van der Waals surface area contributed by atoms with Gasteiger partial charge < -0.3 is 5.32 Å². The monoisotopic (exact) mass is 388 g/mol. The number of fused-ring (bicyclic) bond motifs is 2. The van der Waals surface area contributed by atoms with Gasteiger partial charge in [0, 0.05) is 17.4 Å². The van der Waals surface area contributed by atoms with Crippen LogP contribution in [0.4, 0.5) is 5.82 Å². The van der Waals surface area contributed by atoms with Crippen molar-refractivity contribution < 1.29 is 0 Å². The van der Waals surface area contributed by atoms with E-state index in [0.717, 1.165) is 43.3 Å². The number of hydrogen-bond acceptors (Lipinski definition) is 6. The Balaban J connectivity index is 1.72. The van der Waals surface area contributed by atoms with Crippen LogP contribution < -0.4 is 5.32 Å². The smallest absolute Gasteiger partial charge is 0.255 e. The van der Waals surface area contributed by atoms with Crippen molar-refractivity contribution in [2.75, 3.05) is 18.4 Å². The second-order valence-corrected chi connectivity index (χ2v) is 8.92. The molecule has 148 valence electrons. The number of aliphatic imine (C=N–C) groups is 1. The molecule has 1 N–H and O–H groups in total. The summed E-state index contributed by atoms with van der Waals surface area (Å²) in [6.45, 7) is 8.14. The molecule has 0 unspecified atom stereocenters. The first-order chi connectivity index (χ1) is 13.2. The number of nitrogens with one attached hydrogen (secondary N) is 1. The predicted octanol–water partition coefficient (Wildman–Crippen LogP) is 4.57. The molecule has 1 aliphatic rings. The average Bonchev–Trinajstić information content (AvgIpc) is 3.04. The molecule has 0 fully saturated rings. The van der Waals surface area contributed by atoms with Crippen molar-refractivity contribution in [2.45, 2.75) is 82.5 Å². The summed E-state index contributed by atoms with van der Waals surface area (Å²) in [6.07, 6.45) is 11.5. The third-order valence-corrected chi connectivity index (χ3v) is 5.54. The Hall–Kier alpha value is -1.63. The zero-order chi connectivity index (χ0) is 19.1. The van der Waals surface area contributed by atoms with E-state index >= 15 is 0 Å². The van der Waals surface area contributed by atoms with Gasteiger partial charge in [0.15, 0.2) is 0 Å². The van der Waals surface area contributed by atoms with Crippen LogP contribution in [0.25, 0.3) is 5.78 Å². The van der Waals surface area contributed by atoms with E-state index < -0.39 is 0 Å². The van der Waals surface area contributed by atoms with Crippen molar-refractivity contribution in [2.24, 2.45) is 4.99 Å². The predicted molar refractivity (Wildman–Crippen MR) is 114 cm³/mol. The fraction of sp³-hybridized carbons (Fsp3) is 0.700. The Kier molecular flexibility index (Phi) is 7.50. The number of aromatic nitrogens is 4. The van der Waals surface area contributed by atoms with Gasteiger partial charge >= 0.3 is 0 Å². The molecule has 0 spiro atoms. The van der Waals surface area contributed by atoms with Crippen LogP contribution in [0.15, 0.2) is 10.1 Å². The maximum Gasteiger partial charge on any atom is 0.255 e. The lowest BCUT2D eigenvalue weighted by Crippen LogP contribution is -2.17. The van der Waals surface area contributed by atoms with Crippen LogP contribution in [0.3, 0.4) is 0 Å². The van der Waals surface area contributed by atoms with Gasteiger partial charge in [0.25, 0.3) is 5.78 Å². The molecule has 2 aromatic rings. The van der Waals surface area contributed by atoms with Gasteiger partial charge in [-0.25, -0.2) is 4.98 Å². The normalized spacial score (nSPS) is 14.4. The quantitative estimate of drug-likeness (QED) is 0.367. The van der Waals surface area contributed by atoms with Crippen LogP contribution in [-0.4, -0.2) is 44.1 Å². The Morgan fingerprint density at radius 2 is 2.07 bits per heavy atom. The molecule has 0 aromatic carbocycles. The first kappa shape index (κ1) is 20.1. The number of thioether (sulfide) groups is 1. The molecule has 1 aliphatic carbocycles. The lowest BCUT2D eigenvalue weighted by molar-refractivity contribution is 0.660. The van der Waals surface area contributed by atoms with Crippen molar-refractivity contribution >= 4 is 29.6 Å². The van der Waals surface area contributed by atoms with Crippen molar-refractivity contribution in [3.63, 3.8) is 0 Å². The second-order valence-electron chi connectivity index (χ2n) is 7.38. The molecular weight excluding hydrogens is 356 g/mol. The zero-order valence-electron chi connectivity index (χ0n) is 16.9. The minimum atomic E-state index is 0.454. The second kappa shape index (κ2) is 10.1. The molecule has 2 heterocycles. The molecule has 0 aliphatic heterocycles. The van der Waals surface area contributed by atoms with E-state index in [0.29, 0.717) is 11.0 Å². The molecule has 3 rings (SSSR count). The molecule has 6 nitrogen and oxygen atoms in total. The molecule has 0 saturated carbocycles. The molecule has 0 amide bonds. The molecule has 2 aromatic heterocycles. The highest BCUT2D eigenvalue weighted by molar-refractivity contribution is 7.99. The summed E-state index contributed by atoms with van der Waals surface area (Å²) >= 11 is 1.68. The summed E-state index contributed by atoms with van der Waals surface area (Å²) in [5.74, 6) is 1.78. The Bertz CT molecular complexity index is 767. The minimum Gasteiger partial charge on any atom is -0.368 e. The van der Waals surface area contributed by atoms with E-state index in [1.165, 1.54) is 43.4 Å². The highest BCUT2D eigenvalue weighted by atomic mass is 32.2. The fourth-order valence-electron chi connectivity index (χ4n) is 3.37. The first-order valence-electron chi connectivity index (χ1n) is 10.4. The number of aryl methyl sites for hydroxylation is 1. The van der Waals surface area contributed by atoms with Crippen LogP contribution >= 0.6 is 11.8 Å². The summed E-state index contributed by atoms with van der Waals surface area (Å²) in [5.41, 5.74) is 2.50. The van der Waals surface area contributed by atoms with Crippen LogP contribution in [0.1, 0.15) is 70.6 Å². The van der Waals surface area contributed by atoms with Crippen molar-refractivity contribution in [3.05, 3.63) is 11.3 Å². The fourth-order valence-corrected chi connectivity index (χ4v) is 4.06. The van der Waals surface area contributed by atoms with E-state index in [4.69, 9.17) is 10.1 Å². The van der Waals surface area contributed by atoms with E-state index in [9.17, 15) is 0 Å². The number of anilines is 1. The minimum absolute atomic E-state index is 0.454. The van der Waals surface area contributed by atoms with Gasteiger partial charge in [0.1, 0.15) is 5.82 Å². The zero-order valence-corrected chi connectivity index (χ0v) is 17.7. The number of rotatable bonds is 10. The third kappa shape index (κ3) is 5.43. The summed E-state index contributed by atoms with van der Waals surface area (Å²) < 4.78 is 1.90. The summed E-state index contributed by atoms with van der Waals surface area (Å²) in [4.78, 5) is 14.0. The molecule has 7 heteroatoms. The van der Waals surface area contributed by atoms with Gasteiger partial charge in [-0.15, -0.1) is 5.10 Å². The van der Waals surface area contributed by atoms with Gasteiger partial charge in [-0.1, -0.05) is 45.4 Å². The number of unbranched alkanes of at least 4 members (excludes halogenated alkanes) is 3. The van der Waals surface area contributed by atoms with Crippen LogP contribution in [0.5, 0.6) is 0 Å². The van der Waals surface area contributed by atoms with Gasteiger partial charge in [0.2, 0.25) is 5.16 Å². The highest BCUT2D eigenvalue weighted by Crippen LogP contribution is 2.28. The van der Waals surface area contributed by atoms with Crippen molar-refractivity contribution in [1.82, 2.24) is 19.6 Å². The van der Waals surface area contributed by atoms with E-state index in [1.54, 1.807) is 11.8 Å². The Morgan fingerprint density at radius 1 is 1.22 bits per heavy atom. The summed E-state index contributed by atoms with van der Waals surface area (Å²) in [7, 11) is 0. The summed E-state index contributed by atoms with van der Waals surface area (Å²) in [6, 6.07) is 0. The van der Waals surface area contributed by atoms with E-state index in [-0.39, 0.29) is 0 Å². The van der Waals surface area contributed by atoms with E-state index in [2.05, 4.69) is 42.3 Å². The molecule has 0 atom stereocenters. The molecular formula is C20H32N6S. The van der Waals surface area contributed by atoms with Crippen LogP contribution in [0.2, 0.25) is 0 Å². The van der Waals surface area contributed by atoms with Gasteiger partial charge in [0.05, 0.1) is 12.2 Å². The van der Waals surface area contributed by atoms with Gasteiger partial charge in [-0.05, 0) is 44.7 Å². The highest BCUT2D eigenvalue weighted by Gasteiger charge is 2.20. The van der Waals surface area contributed by atoms with Crippen LogP contribution in [0, 0.1) is 0 Å². The lowest BCUT2D eigenvalue weighted by atomic mass is 9.96. The largest absolute Gasteiger partial charge is 0.368 e. The SMILES string of the molecule is CCCCCC=NCCNc1c2c(nc3nc(SC(C)C)nn13)CCCC2. The molecule has 0 bridgehead atoms. The van der Waals surface area contributed by atoms with Crippen molar-refractivity contribution in [3.8, 4) is 0 Å². The standard InChI is InChI=1S/C20H32N6S/c1-4-5-6-9-12-21-13-14-22-18-16-10-7-8-11-17(16)23-19-24-20(25-26(18)19)27-15(2)3/h12,15,22H,4-11,13-14H2,1-3H3. The van der Waals surface area contributed by atoms with E-state index in [1.807, 2.05) is 4.52 Å².